The number of carbonyl (C=O) groups is 2. The number of hydrogen-bond donors (Lipinski definition) is 0. The van der Waals surface area contributed by atoms with Crippen molar-refractivity contribution in [1.29, 1.82) is 0 Å². The fraction of sp³-hybridized carbons (Fsp3) is 0.667. The Morgan fingerprint density at radius 3 is 1.29 bits per heavy atom. The minimum Gasteiger partial charge on any atom is -0.293 e. The zero-order valence-electron chi connectivity index (χ0n) is 12.9. The number of Topliss-reactive ketones (excluding diaryl/α,β-unsaturated/α-hetero) is 2. The van der Waals surface area contributed by atoms with Crippen LogP contribution in [0.3, 0.4) is 0 Å². The van der Waals surface area contributed by atoms with Gasteiger partial charge >= 0.3 is 0 Å². The van der Waals surface area contributed by atoms with Crippen molar-refractivity contribution in [2.75, 3.05) is 0 Å². The molecular formula is C18H26O2S. The van der Waals surface area contributed by atoms with E-state index in [0.29, 0.717) is 12.8 Å². The van der Waals surface area contributed by atoms with Gasteiger partial charge in [-0.25, -0.2) is 0 Å². The molecule has 116 valence electrons. The number of fused-ring (bicyclic) bond motifs is 2. The van der Waals surface area contributed by atoms with Gasteiger partial charge in [0.1, 0.15) is 0 Å². The van der Waals surface area contributed by atoms with Crippen LogP contribution in [-0.4, -0.2) is 11.6 Å². The minimum atomic E-state index is 0.211. The summed E-state index contributed by atoms with van der Waals surface area (Å²) in [6, 6.07) is 3.67. The molecule has 0 fully saturated rings. The second-order valence-corrected chi connectivity index (χ2v) is 7.13. The van der Waals surface area contributed by atoms with E-state index >= 15 is 0 Å². The van der Waals surface area contributed by atoms with Crippen molar-refractivity contribution in [3.8, 4) is 0 Å². The molecule has 2 rings (SSSR count). The molecule has 1 aromatic heterocycles. The van der Waals surface area contributed by atoms with Crippen molar-refractivity contribution in [2.45, 2.75) is 77.0 Å². The third-order valence-electron chi connectivity index (χ3n) is 4.21. The molecule has 1 aliphatic rings. The number of hydrogen-bond acceptors (Lipinski definition) is 3. The first-order valence-electron chi connectivity index (χ1n) is 8.43. The van der Waals surface area contributed by atoms with Crippen LogP contribution in [0, 0.1) is 0 Å². The lowest BCUT2D eigenvalue weighted by molar-refractivity contribution is 0.0976. The van der Waals surface area contributed by atoms with E-state index in [2.05, 4.69) is 0 Å². The van der Waals surface area contributed by atoms with E-state index in [1.807, 2.05) is 12.1 Å². The highest BCUT2D eigenvalue weighted by atomic mass is 32.1. The van der Waals surface area contributed by atoms with Crippen LogP contribution in [0.25, 0.3) is 0 Å². The van der Waals surface area contributed by atoms with Crippen molar-refractivity contribution in [3.05, 3.63) is 21.9 Å². The topological polar surface area (TPSA) is 34.1 Å². The van der Waals surface area contributed by atoms with Gasteiger partial charge in [-0.1, -0.05) is 51.4 Å². The van der Waals surface area contributed by atoms with Gasteiger partial charge in [0.15, 0.2) is 11.6 Å². The average Bonchev–Trinajstić information content (AvgIpc) is 2.97. The molecule has 0 unspecified atom stereocenters. The van der Waals surface area contributed by atoms with Gasteiger partial charge in [-0.05, 0) is 25.0 Å². The molecule has 0 N–H and O–H groups in total. The Kier molecular flexibility index (Phi) is 7.14. The highest BCUT2D eigenvalue weighted by molar-refractivity contribution is 7.16. The van der Waals surface area contributed by atoms with E-state index in [4.69, 9.17) is 0 Å². The Balaban J connectivity index is 1.92. The maximum absolute atomic E-state index is 12.1. The number of thiophene rings is 1. The molecule has 21 heavy (non-hydrogen) atoms. The fourth-order valence-electron chi connectivity index (χ4n) is 2.87. The lowest BCUT2D eigenvalue weighted by Crippen LogP contribution is -1.96. The van der Waals surface area contributed by atoms with Crippen LogP contribution in [0.5, 0.6) is 0 Å². The van der Waals surface area contributed by atoms with Gasteiger partial charge in [0, 0.05) is 12.8 Å². The summed E-state index contributed by atoms with van der Waals surface area (Å²) in [5.74, 6) is 0.423. The van der Waals surface area contributed by atoms with Crippen LogP contribution in [0.1, 0.15) is 96.4 Å². The predicted octanol–water partition coefficient (Wildman–Crippen LogP) is 5.81. The van der Waals surface area contributed by atoms with Gasteiger partial charge in [0.25, 0.3) is 0 Å². The Labute approximate surface area is 131 Å². The third-order valence-corrected chi connectivity index (χ3v) is 5.38. The second-order valence-electron chi connectivity index (χ2n) is 6.05. The largest absolute Gasteiger partial charge is 0.293 e. The van der Waals surface area contributed by atoms with E-state index in [1.54, 1.807) is 0 Å². The number of rotatable bonds is 0. The molecule has 0 saturated heterocycles. The quantitative estimate of drug-likeness (QED) is 0.606. The molecule has 0 aliphatic carbocycles. The van der Waals surface area contributed by atoms with Gasteiger partial charge in [0.2, 0.25) is 0 Å². The Bertz CT molecular complexity index is 421. The summed E-state index contributed by atoms with van der Waals surface area (Å²) in [6.07, 6.45) is 13.3. The lowest BCUT2D eigenvalue weighted by atomic mass is 10.0. The smallest absolute Gasteiger partial charge is 0.172 e. The molecule has 0 radical (unpaired) electrons. The zero-order valence-corrected chi connectivity index (χ0v) is 13.7. The Morgan fingerprint density at radius 1 is 0.571 bits per heavy atom. The summed E-state index contributed by atoms with van der Waals surface area (Å²) in [7, 11) is 0. The first-order chi connectivity index (χ1) is 10.3. The molecule has 0 atom stereocenters. The highest BCUT2D eigenvalue weighted by Crippen LogP contribution is 2.22. The molecule has 3 heteroatoms. The van der Waals surface area contributed by atoms with E-state index in [9.17, 15) is 9.59 Å². The van der Waals surface area contributed by atoms with E-state index in [0.717, 1.165) is 35.4 Å². The van der Waals surface area contributed by atoms with Crippen LogP contribution in [-0.2, 0) is 0 Å². The third kappa shape index (κ3) is 5.74. The molecule has 1 aromatic rings. The predicted molar refractivity (Wildman–Crippen MR) is 88.4 cm³/mol. The SMILES string of the molecule is O=C1CCCCCCCCCCCCC(=O)c2ccc1s2. The van der Waals surface area contributed by atoms with Crippen molar-refractivity contribution in [1.82, 2.24) is 0 Å². The lowest BCUT2D eigenvalue weighted by Gasteiger charge is -2.02. The van der Waals surface area contributed by atoms with Gasteiger partial charge in [-0.3, -0.25) is 9.59 Å². The first-order valence-corrected chi connectivity index (χ1v) is 9.25. The molecule has 0 aromatic carbocycles. The monoisotopic (exact) mass is 306 g/mol. The first kappa shape index (κ1) is 16.4. The normalized spacial score (nSPS) is 20.2. The van der Waals surface area contributed by atoms with Crippen LogP contribution in [0.15, 0.2) is 12.1 Å². The Hall–Kier alpha value is -0.960. The van der Waals surface area contributed by atoms with Crippen molar-refractivity contribution < 1.29 is 9.59 Å². The van der Waals surface area contributed by atoms with Crippen LogP contribution in [0.4, 0.5) is 0 Å². The number of ketones is 2. The molecule has 0 amide bonds. The maximum Gasteiger partial charge on any atom is 0.172 e. The summed E-state index contributed by atoms with van der Waals surface area (Å²) in [5.41, 5.74) is 0. The summed E-state index contributed by atoms with van der Waals surface area (Å²) in [4.78, 5) is 25.7. The van der Waals surface area contributed by atoms with Gasteiger partial charge in [-0.15, -0.1) is 11.3 Å². The molecule has 0 spiro atoms. The van der Waals surface area contributed by atoms with Crippen LogP contribution < -0.4 is 0 Å². The van der Waals surface area contributed by atoms with Crippen LogP contribution >= 0.6 is 11.3 Å². The summed E-state index contributed by atoms with van der Waals surface area (Å²) in [6.45, 7) is 0. The highest BCUT2D eigenvalue weighted by Gasteiger charge is 2.13. The average molecular weight is 306 g/mol. The van der Waals surface area contributed by atoms with E-state index in [1.165, 1.54) is 49.9 Å². The molecule has 2 bridgehead atoms. The minimum absolute atomic E-state index is 0.211. The van der Waals surface area contributed by atoms with Crippen molar-refractivity contribution in [2.24, 2.45) is 0 Å². The molecule has 1 aliphatic heterocycles. The Morgan fingerprint density at radius 2 is 0.905 bits per heavy atom. The maximum atomic E-state index is 12.1. The standard InChI is InChI=1S/C18H26O2S/c19-15-11-9-7-5-3-1-2-4-6-8-10-12-16(20)18-14-13-17(15)21-18/h13-14H,1-12H2. The van der Waals surface area contributed by atoms with Crippen molar-refractivity contribution >= 4 is 22.9 Å². The number of carbonyl (C=O) groups excluding carboxylic acids is 2. The molecule has 2 nitrogen and oxygen atoms in total. The molecule has 0 saturated carbocycles. The van der Waals surface area contributed by atoms with Crippen molar-refractivity contribution in [3.63, 3.8) is 0 Å². The van der Waals surface area contributed by atoms with Gasteiger partial charge in [0.05, 0.1) is 9.75 Å². The van der Waals surface area contributed by atoms with Crippen LogP contribution in [0.2, 0.25) is 0 Å². The van der Waals surface area contributed by atoms with Gasteiger partial charge in [-0.2, -0.15) is 0 Å². The van der Waals surface area contributed by atoms with E-state index < -0.39 is 0 Å². The molecule has 2 heterocycles. The zero-order chi connectivity index (χ0) is 14.9. The van der Waals surface area contributed by atoms with E-state index in [-0.39, 0.29) is 11.6 Å². The second kappa shape index (κ2) is 9.14. The fourth-order valence-corrected chi connectivity index (χ4v) is 3.81. The van der Waals surface area contributed by atoms with Gasteiger partial charge < -0.3 is 0 Å². The summed E-state index contributed by atoms with van der Waals surface area (Å²) in [5, 5.41) is 0. The summed E-state index contributed by atoms with van der Waals surface area (Å²) >= 11 is 1.39. The summed E-state index contributed by atoms with van der Waals surface area (Å²) < 4.78 is 0. The molecular weight excluding hydrogens is 280 g/mol.